The molecule has 37 heavy (non-hydrogen) atoms. The van der Waals surface area contributed by atoms with Crippen molar-refractivity contribution >= 4 is 34.1 Å². The van der Waals surface area contributed by atoms with Gasteiger partial charge >= 0.3 is 0 Å². The molecular formula is C28H26N4O4S. The van der Waals surface area contributed by atoms with Crippen molar-refractivity contribution in [1.29, 1.82) is 0 Å². The van der Waals surface area contributed by atoms with Crippen molar-refractivity contribution in [2.45, 2.75) is 13.0 Å². The van der Waals surface area contributed by atoms with Crippen LogP contribution in [0.4, 0.5) is 0 Å². The number of nitrogens with zero attached hydrogens (tertiary/aromatic N) is 4. The Balaban J connectivity index is 1.16. The van der Waals surface area contributed by atoms with Crippen molar-refractivity contribution in [1.82, 2.24) is 19.7 Å². The highest BCUT2D eigenvalue weighted by molar-refractivity contribution is 7.11. The van der Waals surface area contributed by atoms with E-state index in [0.717, 1.165) is 18.7 Å². The van der Waals surface area contributed by atoms with E-state index in [1.807, 2.05) is 40.6 Å². The Labute approximate surface area is 217 Å². The van der Waals surface area contributed by atoms with Gasteiger partial charge in [-0.05, 0) is 19.1 Å². The maximum absolute atomic E-state index is 13.5. The zero-order valence-corrected chi connectivity index (χ0v) is 21.2. The molecule has 9 heteroatoms. The number of thiazole rings is 1. The summed E-state index contributed by atoms with van der Waals surface area (Å²) >= 11 is 1.36. The van der Waals surface area contributed by atoms with Crippen molar-refractivity contribution in [3.8, 4) is 11.3 Å². The number of aromatic nitrogens is 1. The van der Waals surface area contributed by atoms with Crippen molar-refractivity contribution in [3.05, 3.63) is 86.5 Å². The fourth-order valence-electron chi connectivity index (χ4n) is 5.12. The lowest BCUT2D eigenvalue weighted by Crippen LogP contribution is -2.64. The van der Waals surface area contributed by atoms with Gasteiger partial charge in [-0.1, -0.05) is 36.4 Å². The summed E-state index contributed by atoms with van der Waals surface area (Å²) in [6.45, 7) is 5.82. The predicted octanol–water partition coefficient (Wildman–Crippen LogP) is 3.51. The number of fused-ring (bicyclic) bond motifs is 1. The van der Waals surface area contributed by atoms with Crippen LogP contribution in [0.2, 0.25) is 0 Å². The van der Waals surface area contributed by atoms with Gasteiger partial charge < -0.3 is 14.2 Å². The molecule has 0 atom stereocenters. The zero-order valence-electron chi connectivity index (χ0n) is 20.4. The average molecular weight is 515 g/mol. The molecule has 2 fully saturated rings. The Morgan fingerprint density at radius 3 is 2.41 bits per heavy atom. The molecule has 2 aromatic carbocycles. The first-order chi connectivity index (χ1) is 18.0. The topological polar surface area (TPSA) is 87.0 Å². The minimum absolute atomic E-state index is 0.0115. The molecule has 4 heterocycles. The van der Waals surface area contributed by atoms with E-state index in [4.69, 9.17) is 4.42 Å². The summed E-state index contributed by atoms with van der Waals surface area (Å²) in [5.74, 6) is 0.345. The first-order valence-corrected chi connectivity index (χ1v) is 13.2. The monoisotopic (exact) mass is 514 g/mol. The van der Waals surface area contributed by atoms with Gasteiger partial charge in [-0.3, -0.25) is 19.3 Å². The molecule has 0 bridgehead atoms. The van der Waals surface area contributed by atoms with Crippen LogP contribution in [-0.4, -0.2) is 76.8 Å². The van der Waals surface area contributed by atoms with Gasteiger partial charge in [0.15, 0.2) is 16.0 Å². The number of carbonyl (C=O) groups excluding carboxylic acids is 2. The molecule has 2 aliphatic rings. The molecule has 0 unspecified atom stereocenters. The Bertz CT molecular complexity index is 1520. The molecule has 8 nitrogen and oxygen atoms in total. The minimum Gasteiger partial charge on any atom is -0.455 e. The zero-order chi connectivity index (χ0) is 25.5. The van der Waals surface area contributed by atoms with Crippen molar-refractivity contribution in [3.63, 3.8) is 0 Å². The third kappa shape index (κ3) is 4.24. The van der Waals surface area contributed by atoms with Crippen LogP contribution in [0.1, 0.15) is 25.7 Å². The molecule has 188 valence electrons. The highest BCUT2D eigenvalue weighted by atomic mass is 32.1. The summed E-state index contributed by atoms with van der Waals surface area (Å²) in [5, 5.41) is 2.76. The second-order valence-corrected chi connectivity index (χ2v) is 10.4. The molecule has 4 aromatic rings. The van der Waals surface area contributed by atoms with Crippen LogP contribution in [-0.2, 0) is 0 Å². The Hall–Kier alpha value is -3.82. The van der Waals surface area contributed by atoms with Gasteiger partial charge in [0.25, 0.3) is 11.8 Å². The number of benzene rings is 2. The van der Waals surface area contributed by atoms with Crippen LogP contribution in [0.25, 0.3) is 22.3 Å². The van der Waals surface area contributed by atoms with E-state index in [1.54, 1.807) is 36.2 Å². The maximum Gasteiger partial charge on any atom is 0.282 e. The fraction of sp³-hybridized carbons (Fsp3) is 0.286. The van der Waals surface area contributed by atoms with Gasteiger partial charge in [0.2, 0.25) is 0 Å². The highest BCUT2D eigenvalue weighted by Gasteiger charge is 2.38. The first kappa shape index (κ1) is 23.6. The highest BCUT2D eigenvalue weighted by Crippen LogP contribution is 2.29. The largest absolute Gasteiger partial charge is 0.455 e. The third-order valence-electron chi connectivity index (χ3n) is 7.29. The summed E-state index contributed by atoms with van der Waals surface area (Å²) in [4.78, 5) is 49.3. The molecule has 2 aliphatic heterocycles. The van der Waals surface area contributed by atoms with Gasteiger partial charge in [0, 0.05) is 68.0 Å². The number of hydrogen-bond acceptors (Lipinski definition) is 7. The van der Waals surface area contributed by atoms with E-state index in [9.17, 15) is 14.4 Å². The van der Waals surface area contributed by atoms with E-state index in [1.165, 1.54) is 11.3 Å². The Morgan fingerprint density at radius 1 is 0.946 bits per heavy atom. The number of carbonyl (C=O) groups is 2. The van der Waals surface area contributed by atoms with E-state index < -0.39 is 0 Å². The van der Waals surface area contributed by atoms with Crippen LogP contribution in [0.15, 0.2) is 69.3 Å². The number of amides is 2. The summed E-state index contributed by atoms with van der Waals surface area (Å²) in [6, 6.07) is 14.9. The standard InChI is InChI=1S/C28H26N4O4S/c1-18-23(33)21-8-5-9-22(25(21)36-24(18)19-6-3-2-4-7-19)27(34)32-16-20(17-32)30-11-13-31(14-12-30)28(35)26-29-10-15-37-26/h2-10,15,20H,11-14,16-17H2,1H3. The molecular weight excluding hydrogens is 488 g/mol. The van der Waals surface area contributed by atoms with Gasteiger partial charge in [-0.15, -0.1) is 11.3 Å². The van der Waals surface area contributed by atoms with Crippen molar-refractivity contribution in [2.24, 2.45) is 0 Å². The second kappa shape index (κ2) is 9.57. The van der Waals surface area contributed by atoms with E-state index >= 15 is 0 Å². The van der Waals surface area contributed by atoms with Gasteiger partial charge in [0.1, 0.15) is 5.76 Å². The third-order valence-corrected chi connectivity index (χ3v) is 8.06. The maximum atomic E-state index is 13.5. The number of hydrogen-bond donors (Lipinski definition) is 0. The smallest absolute Gasteiger partial charge is 0.282 e. The normalized spacial score (nSPS) is 16.7. The predicted molar refractivity (Wildman–Crippen MR) is 142 cm³/mol. The first-order valence-electron chi connectivity index (χ1n) is 12.3. The lowest BCUT2D eigenvalue weighted by Gasteiger charge is -2.48. The average Bonchev–Trinajstić information content (AvgIpc) is 3.45. The lowest BCUT2D eigenvalue weighted by molar-refractivity contribution is 0.00858. The van der Waals surface area contributed by atoms with Crippen LogP contribution in [0, 0.1) is 6.92 Å². The van der Waals surface area contributed by atoms with Gasteiger partial charge in [-0.25, -0.2) is 4.98 Å². The molecule has 0 spiro atoms. The van der Waals surface area contributed by atoms with Crippen molar-refractivity contribution in [2.75, 3.05) is 39.3 Å². The minimum atomic E-state index is -0.134. The van der Waals surface area contributed by atoms with Crippen LogP contribution in [0.3, 0.4) is 0 Å². The van der Waals surface area contributed by atoms with E-state index in [0.29, 0.717) is 59.0 Å². The van der Waals surface area contributed by atoms with E-state index in [2.05, 4.69) is 9.88 Å². The summed E-state index contributed by atoms with van der Waals surface area (Å²) in [7, 11) is 0. The molecule has 0 radical (unpaired) electrons. The number of piperazine rings is 1. The summed E-state index contributed by atoms with van der Waals surface area (Å²) in [5.41, 5.74) is 1.95. The lowest BCUT2D eigenvalue weighted by atomic mass is 10.0. The van der Waals surface area contributed by atoms with Crippen LogP contribution >= 0.6 is 11.3 Å². The van der Waals surface area contributed by atoms with Crippen LogP contribution < -0.4 is 5.43 Å². The molecule has 2 amide bonds. The number of para-hydroxylation sites is 1. The quantitative estimate of drug-likeness (QED) is 0.414. The molecule has 0 N–H and O–H groups in total. The summed E-state index contributed by atoms with van der Waals surface area (Å²) in [6.07, 6.45) is 1.65. The van der Waals surface area contributed by atoms with Crippen molar-refractivity contribution < 1.29 is 14.0 Å². The Morgan fingerprint density at radius 2 is 1.70 bits per heavy atom. The fourth-order valence-corrected chi connectivity index (χ4v) is 5.72. The number of likely N-dealkylation sites (tertiary alicyclic amines) is 1. The molecule has 6 rings (SSSR count). The second-order valence-electron chi connectivity index (χ2n) is 9.46. The molecule has 0 aliphatic carbocycles. The van der Waals surface area contributed by atoms with Crippen LogP contribution in [0.5, 0.6) is 0 Å². The van der Waals surface area contributed by atoms with Gasteiger partial charge in [0.05, 0.1) is 10.9 Å². The summed E-state index contributed by atoms with van der Waals surface area (Å²) < 4.78 is 6.24. The SMILES string of the molecule is Cc1c(-c2ccccc2)oc2c(C(=O)N3CC(N4CCN(C(=O)c5nccs5)CC4)C3)cccc2c1=O. The molecule has 0 saturated carbocycles. The van der Waals surface area contributed by atoms with Gasteiger partial charge in [-0.2, -0.15) is 0 Å². The number of rotatable bonds is 4. The molecule has 2 aromatic heterocycles. The Kier molecular flexibility index (Phi) is 6.10. The molecule has 2 saturated heterocycles. The van der Waals surface area contributed by atoms with E-state index in [-0.39, 0.29) is 23.3 Å².